The van der Waals surface area contributed by atoms with E-state index in [1.54, 1.807) is 0 Å². The number of hydrogen-bond donors (Lipinski definition) is 1. The van der Waals surface area contributed by atoms with Gasteiger partial charge in [-0.3, -0.25) is 4.79 Å². The second-order valence-corrected chi connectivity index (χ2v) is 5.10. The number of carbonyl (C=O) groups excluding carboxylic acids is 1. The first-order chi connectivity index (χ1) is 9.11. The molecule has 0 aliphatic carbocycles. The van der Waals surface area contributed by atoms with Gasteiger partial charge in [-0.05, 0) is 25.0 Å². The lowest BCUT2D eigenvalue weighted by Crippen LogP contribution is -2.38. The van der Waals surface area contributed by atoms with Crippen molar-refractivity contribution in [2.45, 2.75) is 26.3 Å². The number of benzene rings is 1. The molecule has 4 nitrogen and oxygen atoms in total. The SMILES string of the molecule is CC(CCl)C(C)NC(=O)Cc1noc2ccccc12. The minimum Gasteiger partial charge on any atom is -0.356 e. The predicted molar refractivity (Wildman–Crippen MR) is 75.2 cm³/mol. The molecule has 1 heterocycles. The summed E-state index contributed by atoms with van der Waals surface area (Å²) in [6.07, 6.45) is 0.219. The second kappa shape index (κ2) is 6.06. The lowest BCUT2D eigenvalue weighted by Gasteiger charge is -2.18. The van der Waals surface area contributed by atoms with Crippen LogP contribution in [0.3, 0.4) is 0 Å². The average Bonchev–Trinajstić information content (AvgIpc) is 2.81. The van der Waals surface area contributed by atoms with Crippen LogP contribution in [0, 0.1) is 5.92 Å². The molecule has 1 amide bonds. The van der Waals surface area contributed by atoms with Crippen LogP contribution in [-0.2, 0) is 11.2 Å². The van der Waals surface area contributed by atoms with Crippen LogP contribution in [0.25, 0.3) is 11.0 Å². The minimum atomic E-state index is -0.0662. The van der Waals surface area contributed by atoms with Crippen molar-refractivity contribution in [3.63, 3.8) is 0 Å². The van der Waals surface area contributed by atoms with Gasteiger partial charge in [0.1, 0.15) is 5.69 Å². The van der Waals surface area contributed by atoms with Crippen molar-refractivity contribution in [1.82, 2.24) is 10.5 Å². The number of nitrogens with one attached hydrogen (secondary N) is 1. The number of alkyl halides is 1. The van der Waals surface area contributed by atoms with E-state index < -0.39 is 0 Å². The number of carbonyl (C=O) groups is 1. The maximum Gasteiger partial charge on any atom is 0.226 e. The fourth-order valence-electron chi connectivity index (χ4n) is 1.80. The molecule has 19 heavy (non-hydrogen) atoms. The van der Waals surface area contributed by atoms with E-state index >= 15 is 0 Å². The van der Waals surface area contributed by atoms with Crippen molar-refractivity contribution in [2.75, 3.05) is 5.88 Å². The molecule has 1 aromatic heterocycles. The Hall–Kier alpha value is -1.55. The van der Waals surface area contributed by atoms with Gasteiger partial charge in [-0.15, -0.1) is 11.6 Å². The second-order valence-electron chi connectivity index (χ2n) is 4.79. The van der Waals surface area contributed by atoms with Crippen molar-refractivity contribution in [3.05, 3.63) is 30.0 Å². The van der Waals surface area contributed by atoms with Gasteiger partial charge in [0.25, 0.3) is 0 Å². The molecule has 0 saturated heterocycles. The molecule has 2 rings (SSSR count). The number of fused-ring (bicyclic) bond motifs is 1. The molecular weight excluding hydrogens is 264 g/mol. The van der Waals surface area contributed by atoms with Crippen LogP contribution >= 0.6 is 11.6 Å². The highest BCUT2D eigenvalue weighted by Gasteiger charge is 2.16. The molecule has 0 radical (unpaired) electrons. The van der Waals surface area contributed by atoms with Crippen LogP contribution in [0.4, 0.5) is 0 Å². The first-order valence-corrected chi connectivity index (χ1v) is 6.84. The fraction of sp³-hybridized carbons (Fsp3) is 0.429. The summed E-state index contributed by atoms with van der Waals surface area (Å²) in [5.41, 5.74) is 1.37. The van der Waals surface area contributed by atoms with Crippen LogP contribution in [-0.4, -0.2) is 23.0 Å². The molecule has 102 valence electrons. The van der Waals surface area contributed by atoms with Gasteiger partial charge in [0.2, 0.25) is 5.91 Å². The lowest BCUT2D eigenvalue weighted by molar-refractivity contribution is -0.121. The Morgan fingerprint density at radius 2 is 2.16 bits per heavy atom. The third-order valence-corrected chi connectivity index (χ3v) is 3.75. The van der Waals surface area contributed by atoms with Crippen molar-refractivity contribution < 1.29 is 9.32 Å². The summed E-state index contributed by atoms with van der Waals surface area (Å²) in [5.74, 6) is 0.692. The topological polar surface area (TPSA) is 55.1 Å². The predicted octanol–water partition coefficient (Wildman–Crippen LogP) is 2.75. The van der Waals surface area contributed by atoms with Gasteiger partial charge in [-0.25, -0.2) is 0 Å². The highest BCUT2D eigenvalue weighted by molar-refractivity contribution is 6.18. The van der Waals surface area contributed by atoms with E-state index in [-0.39, 0.29) is 24.3 Å². The van der Waals surface area contributed by atoms with E-state index in [1.165, 1.54) is 0 Å². The first kappa shape index (κ1) is 13.9. The Morgan fingerprint density at radius 3 is 2.89 bits per heavy atom. The van der Waals surface area contributed by atoms with E-state index in [0.717, 1.165) is 5.39 Å². The number of aromatic nitrogens is 1. The molecule has 2 atom stereocenters. The molecule has 1 aromatic carbocycles. The zero-order valence-corrected chi connectivity index (χ0v) is 11.8. The van der Waals surface area contributed by atoms with Gasteiger partial charge in [-0.2, -0.15) is 0 Å². The maximum atomic E-state index is 11.9. The summed E-state index contributed by atoms with van der Waals surface area (Å²) >= 11 is 5.77. The Labute approximate surface area is 117 Å². The Morgan fingerprint density at radius 1 is 1.42 bits per heavy atom. The molecule has 1 N–H and O–H groups in total. The number of hydrogen-bond acceptors (Lipinski definition) is 3. The number of rotatable bonds is 5. The Balaban J connectivity index is 2.03. The summed E-state index contributed by atoms with van der Waals surface area (Å²) < 4.78 is 5.17. The summed E-state index contributed by atoms with van der Waals surface area (Å²) in [7, 11) is 0. The van der Waals surface area contributed by atoms with Gasteiger partial charge in [0.05, 0.1) is 6.42 Å². The normalized spacial score (nSPS) is 14.3. The first-order valence-electron chi connectivity index (χ1n) is 6.30. The lowest BCUT2D eigenvalue weighted by atomic mass is 10.1. The summed E-state index contributed by atoms with van der Waals surface area (Å²) in [5, 5.41) is 7.76. The zero-order valence-electron chi connectivity index (χ0n) is 11.0. The number of amides is 1. The van der Waals surface area contributed by atoms with Crippen LogP contribution in [0.2, 0.25) is 0 Å². The van der Waals surface area contributed by atoms with E-state index in [0.29, 0.717) is 17.2 Å². The molecular formula is C14H17ClN2O2. The summed E-state index contributed by atoms with van der Waals surface area (Å²) in [6.45, 7) is 3.95. The largest absolute Gasteiger partial charge is 0.356 e. The molecule has 0 saturated carbocycles. The maximum absolute atomic E-state index is 11.9. The molecule has 2 aromatic rings. The third-order valence-electron chi connectivity index (χ3n) is 3.27. The van der Waals surface area contributed by atoms with E-state index in [9.17, 15) is 4.79 Å². The van der Waals surface area contributed by atoms with Crippen molar-refractivity contribution >= 4 is 28.5 Å². The van der Waals surface area contributed by atoms with Crippen molar-refractivity contribution in [1.29, 1.82) is 0 Å². The van der Waals surface area contributed by atoms with Gasteiger partial charge in [0, 0.05) is 17.3 Å². The summed E-state index contributed by atoms with van der Waals surface area (Å²) in [4.78, 5) is 11.9. The summed E-state index contributed by atoms with van der Waals surface area (Å²) in [6, 6.07) is 7.56. The zero-order chi connectivity index (χ0) is 13.8. The molecule has 0 bridgehead atoms. The molecule has 0 aliphatic heterocycles. The molecule has 0 aliphatic rings. The minimum absolute atomic E-state index is 0.0446. The number of nitrogens with zero attached hydrogens (tertiary/aromatic N) is 1. The van der Waals surface area contributed by atoms with E-state index in [2.05, 4.69) is 10.5 Å². The van der Waals surface area contributed by atoms with Crippen LogP contribution in [0.5, 0.6) is 0 Å². The molecule has 0 spiro atoms. The smallest absolute Gasteiger partial charge is 0.226 e. The van der Waals surface area contributed by atoms with Crippen LogP contribution in [0.15, 0.2) is 28.8 Å². The van der Waals surface area contributed by atoms with Gasteiger partial charge in [-0.1, -0.05) is 24.2 Å². The highest BCUT2D eigenvalue weighted by Crippen LogP contribution is 2.18. The van der Waals surface area contributed by atoms with Gasteiger partial charge < -0.3 is 9.84 Å². The Kier molecular flexibility index (Phi) is 4.43. The van der Waals surface area contributed by atoms with Gasteiger partial charge in [0.15, 0.2) is 5.58 Å². The van der Waals surface area contributed by atoms with Crippen molar-refractivity contribution in [2.24, 2.45) is 5.92 Å². The standard InChI is InChI=1S/C14H17ClN2O2/c1-9(8-15)10(2)16-14(18)7-12-11-5-3-4-6-13(11)19-17-12/h3-6,9-10H,7-8H2,1-2H3,(H,16,18). The third kappa shape index (κ3) is 3.26. The quantitative estimate of drug-likeness (QED) is 0.857. The van der Waals surface area contributed by atoms with Crippen LogP contribution < -0.4 is 5.32 Å². The monoisotopic (exact) mass is 280 g/mol. The fourth-order valence-corrected chi connectivity index (χ4v) is 2.07. The van der Waals surface area contributed by atoms with Crippen LogP contribution in [0.1, 0.15) is 19.5 Å². The molecule has 0 fully saturated rings. The molecule has 2 unspecified atom stereocenters. The van der Waals surface area contributed by atoms with Crippen molar-refractivity contribution in [3.8, 4) is 0 Å². The average molecular weight is 281 g/mol. The van der Waals surface area contributed by atoms with Gasteiger partial charge >= 0.3 is 0 Å². The Bertz CT molecular complexity index is 567. The molecule has 5 heteroatoms. The van der Waals surface area contributed by atoms with E-state index in [1.807, 2.05) is 38.1 Å². The highest BCUT2D eigenvalue weighted by atomic mass is 35.5. The number of para-hydroxylation sites is 1. The number of halogens is 1. The van der Waals surface area contributed by atoms with E-state index in [4.69, 9.17) is 16.1 Å².